The lowest BCUT2D eigenvalue weighted by Gasteiger charge is -2.15. The average Bonchev–Trinajstić information content (AvgIpc) is 2.56. The molecule has 2 nitrogen and oxygen atoms in total. The quantitative estimate of drug-likeness (QED) is 0.772. The van der Waals surface area contributed by atoms with E-state index in [9.17, 15) is 0 Å². The fourth-order valence-corrected chi connectivity index (χ4v) is 2.64. The molecule has 0 atom stereocenters. The zero-order valence-corrected chi connectivity index (χ0v) is 13.1. The van der Waals surface area contributed by atoms with Crippen molar-refractivity contribution in [1.82, 2.24) is 5.32 Å². The van der Waals surface area contributed by atoms with Crippen LogP contribution in [0.4, 0.5) is 0 Å². The molecule has 0 spiro atoms. The van der Waals surface area contributed by atoms with Gasteiger partial charge in [-0.3, -0.25) is 0 Å². The summed E-state index contributed by atoms with van der Waals surface area (Å²) < 4.78 is 0. The van der Waals surface area contributed by atoms with Crippen LogP contribution in [0.3, 0.4) is 0 Å². The highest BCUT2D eigenvalue weighted by Crippen LogP contribution is 2.26. The van der Waals surface area contributed by atoms with Crippen LogP contribution in [0.25, 0.3) is 11.4 Å². The predicted molar refractivity (Wildman–Crippen MR) is 94.5 cm³/mol. The first-order chi connectivity index (χ1) is 10.7. The lowest BCUT2D eigenvalue weighted by Crippen LogP contribution is -2.18. The molecule has 0 bridgehead atoms. The monoisotopic (exact) mass is 308 g/mol. The summed E-state index contributed by atoms with van der Waals surface area (Å²) in [6.45, 7) is 2.10. The van der Waals surface area contributed by atoms with E-state index >= 15 is 0 Å². The first kappa shape index (κ1) is 14.6. The van der Waals surface area contributed by atoms with E-state index in [2.05, 4.69) is 47.6 Å². The van der Waals surface area contributed by atoms with Gasteiger partial charge in [-0.1, -0.05) is 66.7 Å². The van der Waals surface area contributed by atoms with Gasteiger partial charge in [0, 0.05) is 11.3 Å². The summed E-state index contributed by atoms with van der Waals surface area (Å²) in [4.78, 5) is 4.57. The van der Waals surface area contributed by atoms with E-state index in [4.69, 9.17) is 11.6 Å². The fraction of sp³-hybridized carbons (Fsp3) is 0.105. The number of halogens is 1. The molecule has 1 N–H and O–H groups in total. The number of nitrogens with one attached hydrogen (secondary N) is 1. The van der Waals surface area contributed by atoms with Crippen LogP contribution in [-0.4, -0.2) is 5.29 Å². The molecule has 1 aliphatic rings. The third kappa shape index (κ3) is 3.29. The molecular formula is C19H17ClN2. The van der Waals surface area contributed by atoms with Crippen molar-refractivity contribution in [2.75, 3.05) is 0 Å². The lowest BCUT2D eigenvalue weighted by atomic mass is 10.0. The van der Waals surface area contributed by atoms with Crippen LogP contribution in [0.15, 0.2) is 77.3 Å². The van der Waals surface area contributed by atoms with Crippen LogP contribution in [0.2, 0.25) is 0 Å². The van der Waals surface area contributed by atoms with E-state index in [1.165, 1.54) is 5.57 Å². The van der Waals surface area contributed by atoms with E-state index in [0.29, 0.717) is 5.29 Å². The highest BCUT2D eigenvalue weighted by atomic mass is 35.5. The molecule has 0 aromatic heterocycles. The summed E-state index contributed by atoms with van der Waals surface area (Å²) in [5.41, 5.74) is 5.30. The van der Waals surface area contributed by atoms with Gasteiger partial charge in [-0.15, -0.1) is 0 Å². The van der Waals surface area contributed by atoms with Gasteiger partial charge in [0.05, 0.1) is 5.70 Å². The summed E-state index contributed by atoms with van der Waals surface area (Å²) in [6, 6.07) is 20.3. The van der Waals surface area contributed by atoms with E-state index in [1.807, 2.05) is 36.4 Å². The molecular weight excluding hydrogens is 292 g/mol. The maximum absolute atomic E-state index is 6.31. The standard InChI is InChI=1S/C19H17ClN2/c1-14-12-13-17(15-8-4-2-5-9-15)21-19(20)22-18(14)16-10-6-3-7-11-16/h2-11,13H,12H2,1H3,(H,21,22)/b17-13+,18-14?. The van der Waals surface area contributed by atoms with Crippen molar-refractivity contribution in [3.63, 3.8) is 0 Å². The number of amidine groups is 1. The SMILES string of the molecule is CC1=C(c2ccccc2)N=C(Cl)N/C(c2ccccc2)=C/C1. The van der Waals surface area contributed by atoms with Crippen LogP contribution in [0.5, 0.6) is 0 Å². The third-order valence-electron chi connectivity index (χ3n) is 3.60. The van der Waals surface area contributed by atoms with Gasteiger partial charge in [0.25, 0.3) is 0 Å². The Labute approximate surface area is 135 Å². The number of hydrogen-bond donors (Lipinski definition) is 1. The van der Waals surface area contributed by atoms with E-state index in [-0.39, 0.29) is 0 Å². The van der Waals surface area contributed by atoms with Gasteiger partial charge in [0.2, 0.25) is 5.29 Å². The molecule has 2 aromatic carbocycles. The topological polar surface area (TPSA) is 24.4 Å². The Morgan fingerprint density at radius 3 is 2.14 bits per heavy atom. The normalized spacial score (nSPS) is 17.7. The second-order valence-electron chi connectivity index (χ2n) is 5.21. The van der Waals surface area contributed by atoms with E-state index in [1.54, 1.807) is 0 Å². The Morgan fingerprint density at radius 2 is 1.50 bits per heavy atom. The molecule has 0 unspecified atom stereocenters. The van der Waals surface area contributed by atoms with E-state index in [0.717, 1.165) is 28.9 Å². The second kappa shape index (κ2) is 6.63. The second-order valence-corrected chi connectivity index (χ2v) is 5.57. The Balaban J connectivity index is 1.99. The van der Waals surface area contributed by atoms with Gasteiger partial charge in [-0.25, -0.2) is 4.99 Å². The number of rotatable bonds is 2. The van der Waals surface area contributed by atoms with E-state index < -0.39 is 0 Å². The number of aliphatic imine (C=N–C) groups is 1. The molecule has 0 amide bonds. The summed E-state index contributed by atoms with van der Waals surface area (Å²) >= 11 is 6.31. The summed E-state index contributed by atoms with van der Waals surface area (Å²) in [6.07, 6.45) is 2.99. The molecule has 110 valence electrons. The number of allylic oxidation sites excluding steroid dienone is 2. The van der Waals surface area contributed by atoms with Gasteiger partial charge >= 0.3 is 0 Å². The molecule has 0 saturated carbocycles. The van der Waals surface area contributed by atoms with Crippen LogP contribution in [0, 0.1) is 0 Å². The number of benzene rings is 2. The summed E-state index contributed by atoms with van der Waals surface area (Å²) in [5.74, 6) is 0. The van der Waals surface area contributed by atoms with Gasteiger partial charge in [-0.05, 0) is 36.1 Å². The zero-order valence-electron chi connectivity index (χ0n) is 12.4. The molecule has 1 aliphatic heterocycles. The highest BCUT2D eigenvalue weighted by molar-refractivity contribution is 6.65. The molecule has 3 rings (SSSR count). The minimum absolute atomic E-state index is 0.382. The van der Waals surface area contributed by atoms with Crippen LogP contribution >= 0.6 is 11.6 Å². The molecule has 0 aliphatic carbocycles. The maximum Gasteiger partial charge on any atom is 0.200 e. The van der Waals surface area contributed by atoms with Crippen LogP contribution in [-0.2, 0) is 0 Å². The van der Waals surface area contributed by atoms with Crippen molar-refractivity contribution in [3.8, 4) is 0 Å². The Morgan fingerprint density at radius 1 is 0.909 bits per heavy atom. The summed E-state index contributed by atoms with van der Waals surface area (Å²) in [5, 5.41) is 3.58. The molecule has 0 saturated heterocycles. The first-order valence-corrected chi connectivity index (χ1v) is 7.64. The van der Waals surface area contributed by atoms with Crippen LogP contribution in [0.1, 0.15) is 24.5 Å². The smallest absolute Gasteiger partial charge is 0.200 e. The van der Waals surface area contributed by atoms with Gasteiger partial charge in [0.15, 0.2) is 0 Å². The first-order valence-electron chi connectivity index (χ1n) is 7.26. The van der Waals surface area contributed by atoms with Gasteiger partial charge in [0.1, 0.15) is 0 Å². The largest absolute Gasteiger partial charge is 0.330 e. The zero-order chi connectivity index (χ0) is 15.4. The minimum Gasteiger partial charge on any atom is -0.330 e. The Hall–Kier alpha value is -2.32. The third-order valence-corrected chi connectivity index (χ3v) is 3.78. The van der Waals surface area contributed by atoms with Gasteiger partial charge < -0.3 is 5.32 Å². The minimum atomic E-state index is 0.382. The molecule has 2 aromatic rings. The molecule has 0 radical (unpaired) electrons. The fourth-order valence-electron chi connectivity index (χ4n) is 2.45. The number of nitrogens with zero attached hydrogens (tertiary/aromatic N) is 1. The maximum atomic E-state index is 6.31. The van der Waals surface area contributed by atoms with Crippen molar-refractivity contribution in [2.45, 2.75) is 13.3 Å². The van der Waals surface area contributed by atoms with Crippen molar-refractivity contribution >= 4 is 28.3 Å². The Kier molecular flexibility index (Phi) is 4.40. The van der Waals surface area contributed by atoms with Crippen LogP contribution < -0.4 is 5.32 Å². The van der Waals surface area contributed by atoms with Crippen molar-refractivity contribution in [2.24, 2.45) is 4.99 Å². The highest BCUT2D eigenvalue weighted by Gasteiger charge is 2.11. The average molecular weight is 309 g/mol. The lowest BCUT2D eigenvalue weighted by molar-refractivity contribution is 1.15. The molecule has 0 fully saturated rings. The Bertz CT molecular complexity index is 744. The molecule has 3 heteroatoms. The summed E-state index contributed by atoms with van der Waals surface area (Å²) in [7, 11) is 0. The number of hydrogen-bond acceptors (Lipinski definition) is 2. The van der Waals surface area contributed by atoms with Crippen molar-refractivity contribution in [1.29, 1.82) is 0 Å². The molecule has 22 heavy (non-hydrogen) atoms. The van der Waals surface area contributed by atoms with Gasteiger partial charge in [-0.2, -0.15) is 0 Å². The van der Waals surface area contributed by atoms with Crippen molar-refractivity contribution < 1.29 is 0 Å². The van der Waals surface area contributed by atoms with Crippen molar-refractivity contribution in [3.05, 3.63) is 83.4 Å². The molecule has 1 heterocycles. The predicted octanol–water partition coefficient (Wildman–Crippen LogP) is 5.05.